The number of hydrogen-bond acceptors (Lipinski definition) is 6. The van der Waals surface area contributed by atoms with Crippen LogP contribution in [0.5, 0.6) is 0 Å². The third kappa shape index (κ3) is 4.75. The number of nitrogens with two attached hydrogens (primary N) is 1. The van der Waals surface area contributed by atoms with E-state index in [0.717, 1.165) is 43.5 Å². The monoisotopic (exact) mass is 447 g/mol. The molecular formula is C25H33N7O. The van der Waals surface area contributed by atoms with Crippen molar-refractivity contribution < 1.29 is 4.84 Å². The highest BCUT2D eigenvalue weighted by atomic mass is 16.6. The normalized spacial score (nSPS) is 15.4. The van der Waals surface area contributed by atoms with Crippen molar-refractivity contribution in [3.63, 3.8) is 0 Å². The first-order valence-corrected chi connectivity index (χ1v) is 11.3. The predicted octanol–water partition coefficient (Wildman–Crippen LogP) is 3.76. The number of rotatable bonds is 6. The molecule has 8 nitrogen and oxygen atoms in total. The number of hydrogen-bond donors (Lipinski definition) is 2. The van der Waals surface area contributed by atoms with Crippen molar-refractivity contribution >= 4 is 11.6 Å². The van der Waals surface area contributed by atoms with Crippen LogP contribution in [0.1, 0.15) is 65.3 Å². The number of aryl methyl sites for hydroxylation is 4. The van der Waals surface area contributed by atoms with Crippen molar-refractivity contribution in [2.75, 3.05) is 0 Å². The molecule has 174 valence electrons. The summed E-state index contributed by atoms with van der Waals surface area (Å²) in [6.07, 6.45) is 6.22. The lowest BCUT2D eigenvalue weighted by Gasteiger charge is -2.29. The molecule has 0 saturated carbocycles. The molecule has 8 heteroatoms. The van der Waals surface area contributed by atoms with Gasteiger partial charge in [-0.05, 0) is 73.8 Å². The number of nitrogens with zero attached hydrogens (tertiary/aromatic N) is 5. The Bertz CT molecular complexity index is 1180. The number of aromatic nitrogens is 5. The standard InChI is InChI=1S/C25H33N7O/c1-15-11-18(12-16(2)19(15)7-8-22-27-14-28-30-22)17(3)29-24(33-26)23-20-9-10-25(4,5)13-21(20)32(6)31-23/h11-12,14H,3,7-10,13,26H2,1-2,4-6H3,(H,27,28,30). The van der Waals surface area contributed by atoms with E-state index in [2.05, 4.69) is 66.6 Å². The lowest BCUT2D eigenvalue weighted by molar-refractivity contribution is 0.305. The fraction of sp³-hybridized carbons (Fsp3) is 0.440. The van der Waals surface area contributed by atoms with Crippen molar-refractivity contribution in [3.05, 3.63) is 70.1 Å². The molecule has 1 aliphatic carbocycles. The topological polar surface area (TPSA) is 107 Å². The van der Waals surface area contributed by atoms with E-state index in [1.165, 1.54) is 34.3 Å². The molecule has 0 radical (unpaired) electrons. The molecule has 0 saturated heterocycles. The van der Waals surface area contributed by atoms with E-state index in [9.17, 15) is 0 Å². The zero-order chi connectivity index (χ0) is 23.8. The highest BCUT2D eigenvalue weighted by molar-refractivity contribution is 5.97. The van der Waals surface area contributed by atoms with Crippen LogP contribution in [0, 0.1) is 19.3 Å². The van der Waals surface area contributed by atoms with Gasteiger partial charge < -0.3 is 4.84 Å². The number of H-pyrrole nitrogens is 1. The van der Waals surface area contributed by atoms with E-state index in [1.807, 2.05) is 11.7 Å². The van der Waals surface area contributed by atoms with E-state index < -0.39 is 0 Å². The highest BCUT2D eigenvalue weighted by Gasteiger charge is 2.32. The van der Waals surface area contributed by atoms with Gasteiger partial charge in [-0.15, -0.1) is 0 Å². The van der Waals surface area contributed by atoms with E-state index >= 15 is 0 Å². The first-order chi connectivity index (χ1) is 15.7. The van der Waals surface area contributed by atoms with Crippen LogP contribution in [0.15, 0.2) is 30.0 Å². The first kappa shape index (κ1) is 22.9. The molecule has 0 spiro atoms. The van der Waals surface area contributed by atoms with Crippen LogP contribution in [0.4, 0.5) is 0 Å². The smallest absolute Gasteiger partial charge is 0.266 e. The van der Waals surface area contributed by atoms with Crippen LogP contribution in [0.25, 0.3) is 5.70 Å². The summed E-state index contributed by atoms with van der Waals surface area (Å²) in [5, 5.41) is 11.5. The molecule has 2 heterocycles. The molecule has 2 aromatic heterocycles. The first-order valence-electron chi connectivity index (χ1n) is 11.3. The molecule has 0 aliphatic heterocycles. The van der Waals surface area contributed by atoms with Crippen LogP contribution < -0.4 is 5.90 Å². The van der Waals surface area contributed by atoms with Crippen molar-refractivity contribution in [3.8, 4) is 0 Å². The van der Waals surface area contributed by atoms with Gasteiger partial charge >= 0.3 is 0 Å². The Balaban J connectivity index is 1.59. The van der Waals surface area contributed by atoms with Gasteiger partial charge in [-0.1, -0.05) is 20.4 Å². The molecule has 4 rings (SSSR count). The van der Waals surface area contributed by atoms with Gasteiger partial charge in [0.2, 0.25) is 0 Å². The van der Waals surface area contributed by atoms with E-state index in [4.69, 9.17) is 15.8 Å². The van der Waals surface area contributed by atoms with Gasteiger partial charge in [-0.25, -0.2) is 9.98 Å². The minimum atomic E-state index is 0.257. The van der Waals surface area contributed by atoms with Crippen molar-refractivity contribution in [1.29, 1.82) is 0 Å². The van der Waals surface area contributed by atoms with Gasteiger partial charge in [-0.3, -0.25) is 9.78 Å². The number of fused-ring (bicyclic) bond motifs is 1. The zero-order valence-electron chi connectivity index (χ0n) is 20.2. The molecule has 0 bridgehead atoms. The predicted molar refractivity (Wildman–Crippen MR) is 130 cm³/mol. The molecular weight excluding hydrogens is 414 g/mol. The minimum Gasteiger partial charge on any atom is -0.389 e. The summed E-state index contributed by atoms with van der Waals surface area (Å²) in [5.41, 5.74) is 8.57. The van der Waals surface area contributed by atoms with Gasteiger partial charge in [-0.2, -0.15) is 16.1 Å². The number of nitrogens with one attached hydrogen (secondary N) is 1. The summed E-state index contributed by atoms with van der Waals surface area (Å²) < 4.78 is 1.93. The van der Waals surface area contributed by atoms with E-state index in [1.54, 1.807) is 0 Å². The van der Waals surface area contributed by atoms with Gasteiger partial charge in [0.1, 0.15) is 12.2 Å². The highest BCUT2D eigenvalue weighted by Crippen LogP contribution is 2.36. The lowest BCUT2D eigenvalue weighted by Crippen LogP contribution is -2.24. The molecule has 33 heavy (non-hydrogen) atoms. The molecule has 1 aromatic carbocycles. The summed E-state index contributed by atoms with van der Waals surface area (Å²) in [7, 11) is 1.97. The maximum absolute atomic E-state index is 5.66. The Kier molecular flexibility index (Phi) is 6.21. The second-order valence-electron chi connectivity index (χ2n) is 9.74. The third-order valence-electron chi connectivity index (χ3n) is 6.63. The Morgan fingerprint density at radius 2 is 2.00 bits per heavy atom. The Morgan fingerprint density at radius 3 is 2.64 bits per heavy atom. The summed E-state index contributed by atoms with van der Waals surface area (Å²) in [6.45, 7) is 13.0. The molecule has 0 unspecified atom stereocenters. The van der Waals surface area contributed by atoms with Crippen molar-refractivity contribution in [1.82, 2.24) is 25.0 Å². The summed E-state index contributed by atoms with van der Waals surface area (Å²) in [5.74, 6) is 6.86. The SMILES string of the molecule is C=C(N=C(ON)c1nn(C)c2c1CCC(C)(C)C2)c1cc(C)c(CCc2ncn[nH]2)c(C)c1. The molecule has 3 aromatic rings. The average molecular weight is 448 g/mol. The second-order valence-corrected chi connectivity index (χ2v) is 9.74. The maximum atomic E-state index is 5.66. The second kappa shape index (κ2) is 8.94. The van der Waals surface area contributed by atoms with Crippen molar-refractivity contribution in [2.24, 2.45) is 23.4 Å². The summed E-state index contributed by atoms with van der Waals surface area (Å²) in [6, 6.07) is 4.22. The van der Waals surface area contributed by atoms with Crippen LogP contribution in [-0.4, -0.2) is 30.9 Å². The van der Waals surface area contributed by atoms with Crippen molar-refractivity contribution in [2.45, 2.75) is 59.8 Å². The number of benzene rings is 1. The van der Waals surface area contributed by atoms with Crippen LogP contribution >= 0.6 is 0 Å². The van der Waals surface area contributed by atoms with Crippen LogP contribution in [0.2, 0.25) is 0 Å². The fourth-order valence-electron chi connectivity index (χ4n) is 4.73. The Morgan fingerprint density at radius 1 is 1.27 bits per heavy atom. The van der Waals surface area contributed by atoms with Gasteiger partial charge in [0.05, 0.1) is 5.70 Å². The number of aliphatic imine (C=N–C) groups is 1. The average Bonchev–Trinajstić information content (AvgIpc) is 3.38. The van der Waals surface area contributed by atoms with Gasteiger partial charge in [0.15, 0.2) is 5.69 Å². The molecule has 3 N–H and O–H groups in total. The molecule has 0 atom stereocenters. The van der Waals surface area contributed by atoms with E-state index in [0.29, 0.717) is 17.3 Å². The summed E-state index contributed by atoms with van der Waals surface area (Å²) in [4.78, 5) is 14.1. The largest absolute Gasteiger partial charge is 0.389 e. The molecule has 1 aliphatic rings. The minimum absolute atomic E-state index is 0.257. The zero-order valence-corrected chi connectivity index (χ0v) is 20.2. The number of aromatic amines is 1. The van der Waals surface area contributed by atoms with Crippen LogP contribution in [-0.2, 0) is 37.6 Å². The molecule has 0 fully saturated rings. The maximum Gasteiger partial charge on any atom is 0.266 e. The van der Waals surface area contributed by atoms with E-state index in [-0.39, 0.29) is 5.41 Å². The Labute approximate surface area is 194 Å². The Hall–Kier alpha value is -3.26. The quantitative estimate of drug-likeness (QED) is 0.340. The molecule has 0 amide bonds. The van der Waals surface area contributed by atoms with Gasteiger partial charge in [0, 0.05) is 30.3 Å². The van der Waals surface area contributed by atoms with Crippen LogP contribution in [0.3, 0.4) is 0 Å². The third-order valence-corrected chi connectivity index (χ3v) is 6.63. The lowest BCUT2D eigenvalue weighted by atomic mass is 9.76. The fourth-order valence-corrected chi connectivity index (χ4v) is 4.73. The summed E-state index contributed by atoms with van der Waals surface area (Å²) >= 11 is 0. The van der Waals surface area contributed by atoms with Gasteiger partial charge in [0.25, 0.3) is 5.90 Å².